The van der Waals surface area contributed by atoms with Crippen LogP contribution in [0.3, 0.4) is 0 Å². The van der Waals surface area contributed by atoms with Crippen LogP contribution in [0.15, 0.2) is 24.3 Å². The van der Waals surface area contributed by atoms with Crippen molar-refractivity contribution in [2.24, 2.45) is 0 Å². The van der Waals surface area contributed by atoms with Crippen LogP contribution in [0.2, 0.25) is 0 Å². The average molecular weight is 193 g/mol. The first-order valence-electron chi connectivity index (χ1n) is 4.30. The van der Waals surface area contributed by atoms with Gasteiger partial charge in [0.15, 0.2) is 0 Å². The van der Waals surface area contributed by atoms with Crippen molar-refractivity contribution in [3.63, 3.8) is 0 Å². The maximum absolute atomic E-state index is 12.6. The molecule has 0 aliphatic carbocycles. The molecule has 1 aliphatic heterocycles. The normalized spacial score (nSPS) is 16.5. The average Bonchev–Trinajstić information content (AvgIpc) is 2.49. The lowest BCUT2D eigenvalue weighted by Crippen LogP contribution is -2.28. The molecule has 2 amide bonds. The summed E-state index contributed by atoms with van der Waals surface area (Å²) < 4.78 is 12.6. The van der Waals surface area contributed by atoms with Crippen molar-refractivity contribution in [1.82, 2.24) is 0 Å². The molecule has 1 saturated heterocycles. The van der Waals surface area contributed by atoms with E-state index in [2.05, 4.69) is 0 Å². The summed E-state index contributed by atoms with van der Waals surface area (Å²) in [5.74, 6) is -0.823. The van der Waals surface area contributed by atoms with E-state index in [9.17, 15) is 14.0 Å². The molecule has 1 heterocycles. The van der Waals surface area contributed by atoms with E-state index in [0.29, 0.717) is 5.69 Å². The van der Waals surface area contributed by atoms with Crippen LogP contribution in [0.5, 0.6) is 0 Å². The maximum atomic E-state index is 12.6. The van der Waals surface area contributed by atoms with E-state index in [4.69, 9.17) is 0 Å². The van der Waals surface area contributed by atoms with Crippen LogP contribution in [0.1, 0.15) is 12.8 Å². The highest BCUT2D eigenvalue weighted by molar-refractivity contribution is 6.19. The van der Waals surface area contributed by atoms with E-state index < -0.39 is 0 Å². The smallest absolute Gasteiger partial charge is 0.234 e. The molecule has 0 bridgehead atoms. The quantitative estimate of drug-likeness (QED) is 0.633. The van der Waals surface area contributed by atoms with Gasteiger partial charge in [-0.25, -0.2) is 4.39 Å². The second-order valence-corrected chi connectivity index (χ2v) is 3.10. The van der Waals surface area contributed by atoms with Crippen molar-refractivity contribution in [3.05, 3.63) is 30.1 Å². The topological polar surface area (TPSA) is 37.4 Å². The zero-order valence-electron chi connectivity index (χ0n) is 7.37. The fraction of sp³-hybridized carbons (Fsp3) is 0.200. The summed E-state index contributed by atoms with van der Waals surface area (Å²) in [6.07, 6.45) is 0.492. The van der Waals surface area contributed by atoms with Gasteiger partial charge in [0.2, 0.25) is 11.8 Å². The van der Waals surface area contributed by atoms with Gasteiger partial charge in [-0.05, 0) is 24.3 Å². The van der Waals surface area contributed by atoms with Gasteiger partial charge in [0, 0.05) is 12.8 Å². The van der Waals surface area contributed by atoms with Crippen molar-refractivity contribution in [3.8, 4) is 0 Å². The first-order valence-corrected chi connectivity index (χ1v) is 4.30. The Morgan fingerprint density at radius 3 is 2.00 bits per heavy atom. The molecule has 1 aliphatic rings. The van der Waals surface area contributed by atoms with Crippen LogP contribution in [-0.4, -0.2) is 11.8 Å². The minimum Gasteiger partial charge on any atom is -0.274 e. The monoisotopic (exact) mass is 193 g/mol. The molecule has 14 heavy (non-hydrogen) atoms. The standard InChI is InChI=1S/C10H8FNO2/c11-7-1-3-8(4-2-7)12-9(13)5-6-10(12)14/h1-4H,5-6H2. The predicted molar refractivity (Wildman–Crippen MR) is 48.1 cm³/mol. The van der Waals surface area contributed by atoms with Crippen LogP contribution in [-0.2, 0) is 9.59 Å². The number of anilines is 1. The lowest BCUT2D eigenvalue weighted by Gasteiger charge is -2.12. The fourth-order valence-electron chi connectivity index (χ4n) is 1.45. The molecule has 0 aromatic heterocycles. The molecule has 1 fully saturated rings. The van der Waals surface area contributed by atoms with E-state index >= 15 is 0 Å². The molecule has 0 spiro atoms. The Labute approximate surface area is 80.1 Å². The number of amides is 2. The van der Waals surface area contributed by atoms with Gasteiger partial charge in [-0.3, -0.25) is 14.5 Å². The summed E-state index contributed by atoms with van der Waals surface area (Å²) in [5.41, 5.74) is 0.443. The number of halogens is 1. The number of rotatable bonds is 1. The molecule has 72 valence electrons. The maximum Gasteiger partial charge on any atom is 0.234 e. The molecule has 3 nitrogen and oxygen atoms in total. The van der Waals surface area contributed by atoms with Crippen molar-refractivity contribution < 1.29 is 14.0 Å². The van der Waals surface area contributed by atoms with Gasteiger partial charge in [-0.15, -0.1) is 0 Å². The summed E-state index contributed by atoms with van der Waals surface area (Å²) in [5, 5.41) is 0. The molecule has 0 saturated carbocycles. The van der Waals surface area contributed by atoms with Crippen molar-refractivity contribution >= 4 is 17.5 Å². The van der Waals surface area contributed by atoms with Gasteiger partial charge < -0.3 is 0 Å². The number of benzene rings is 1. The molecule has 2 rings (SSSR count). The van der Waals surface area contributed by atoms with Gasteiger partial charge in [0.25, 0.3) is 0 Å². The lowest BCUT2D eigenvalue weighted by molar-refractivity contribution is -0.121. The summed E-state index contributed by atoms with van der Waals surface area (Å²) >= 11 is 0. The summed E-state index contributed by atoms with van der Waals surface area (Å²) in [6.45, 7) is 0. The Morgan fingerprint density at radius 1 is 1.00 bits per heavy atom. The molecular weight excluding hydrogens is 185 g/mol. The summed E-state index contributed by atoms with van der Waals surface area (Å²) in [4.78, 5) is 23.7. The number of carbonyl (C=O) groups is 2. The summed E-state index contributed by atoms with van der Waals surface area (Å²) in [6, 6.07) is 5.31. The largest absolute Gasteiger partial charge is 0.274 e. The van der Waals surface area contributed by atoms with Crippen molar-refractivity contribution in [2.75, 3.05) is 4.90 Å². The molecular formula is C10H8FNO2. The molecule has 0 atom stereocenters. The third-order valence-electron chi connectivity index (χ3n) is 2.14. The SMILES string of the molecule is O=C1CCC(=O)N1c1ccc(F)cc1. The number of nitrogens with zero attached hydrogens (tertiary/aromatic N) is 1. The molecule has 0 N–H and O–H groups in total. The lowest BCUT2D eigenvalue weighted by atomic mass is 10.3. The Kier molecular flexibility index (Phi) is 2.04. The van der Waals surface area contributed by atoms with E-state index in [1.165, 1.54) is 24.3 Å². The first kappa shape index (κ1) is 8.87. The zero-order chi connectivity index (χ0) is 10.1. The number of carbonyl (C=O) groups excluding carboxylic acids is 2. The van der Waals surface area contributed by atoms with Gasteiger partial charge in [0.05, 0.1) is 5.69 Å². The highest BCUT2D eigenvalue weighted by Crippen LogP contribution is 2.22. The van der Waals surface area contributed by atoms with E-state index in [-0.39, 0.29) is 30.5 Å². The van der Waals surface area contributed by atoms with E-state index in [0.717, 1.165) is 4.90 Å². The zero-order valence-corrected chi connectivity index (χ0v) is 7.37. The number of imide groups is 1. The Hall–Kier alpha value is -1.71. The van der Waals surface area contributed by atoms with E-state index in [1.807, 2.05) is 0 Å². The Balaban J connectivity index is 2.34. The molecule has 4 heteroatoms. The summed E-state index contributed by atoms with van der Waals surface area (Å²) in [7, 11) is 0. The predicted octanol–water partition coefficient (Wildman–Crippen LogP) is 1.48. The molecule has 1 aromatic carbocycles. The highest BCUT2D eigenvalue weighted by atomic mass is 19.1. The first-order chi connectivity index (χ1) is 6.68. The highest BCUT2D eigenvalue weighted by Gasteiger charge is 2.29. The second kappa shape index (κ2) is 3.21. The van der Waals surface area contributed by atoms with Crippen molar-refractivity contribution in [2.45, 2.75) is 12.8 Å². The van der Waals surface area contributed by atoms with Crippen LogP contribution in [0.25, 0.3) is 0 Å². The van der Waals surface area contributed by atoms with Crippen LogP contribution in [0.4, 0.5) is 10.1 Å². The van der Waals surface area contributed by atoms with E-state index in [1.54, 1.807) is 0 Å². The Bertz CT molecular complexity index is 370. The number of hydrogen-bond acceptors (Lipinski definition) is 2. The van der Waals surface area contributed by atoms with Gasteiger partial charge in [0.1, 0.15) is 5.82 Å². The molecule has 0 unspecified atom stereocenters. The van der Waals surface area contributed by atoms with Crippen molar-refractivity contribution in [1.29, 1.82) is 0 Å². The van der Waals surface area contributed by atoms with Crippen LogP contribution in [0, 0.1) is 5.82 Å². The Morgan fingerprint density at radius 2 is 1.50 bits per heavy atom. The fourth-order valence-corrected chi connectivity index (χ4v) is 1.45. The molecule has 1 aromatic rings. The van der Waals surface area contributed by atoms with Crippen LogP contribution < -0.4 is 4.90 Å². The minimum absolute atomic E-state index is 0.221. The minimum atomic E-state index is -0.382. The van der Waals surface area contributed by atoms with Gasteiger partial charge in [-0.1, -0.05) is 0 Å². The number of hydrogen-bond donors (Lipinski definition) is 0. The third-order valence-corrected chi connectivity index (χ3v) is 2.14. The van der Waals surface area contributed by atoms with Crippen LogP contribution >= 0.6 is 0 Å². The van der Waals surface area contributed by atoms with Gasteiger partial charge >= 0.3 is 0 Å². The van der Waals surface area contributed by atoms with Gasteiger partial charge in [-0.2, -0.15) is 0 Å². The second-order valence-electron chi connectivity index (χ2n) is 3.10. The molecule has 0 radical (unpaired) electrons. The third kappa shape index (κ3) is 1.39.